The molecule has 104 valence electrons. The van der Waals surface area contributed by atoms with Crippen molar-refractivity contribution in [1.82, 2.24) is 10.3 Å². The predicted molar refractivity (Wildman–Crippen MR) is 78.7 cm³/mol. The molecule has 4 nitrogen and oxygen atoms in total. The Balaban J connectivity index is 2.23. The zero-order chi connectivity index (χ0) is 14.4. The topological polar surface area (TPSA) is 62.2 Å². The first-order chi connectivity index (χ1) is 9.72. The zero-order valence-corrected chi connectivity index (χ0v) is 11.6. The Labute approximate surface area is 122 Å². The maximum atomic E-state index is 12.0. The Morgan fingerprint density at radius 1 is 1.30 bits per heavy atom. The van der Waals surface area contributed by atoms with Gasteiger partial charge in [-0.3, -0.25) is 9.78 Å². The number of aliphatic hydroxyl groups is 1. The minimum absolute atomic E-state index is 0.0436. The zero-order valence-electron chi connectivity index (χ0n) is 10.8. The summed E-state index contributed by atoms with van der Waals surface area (Å²) in [7, 11) is 0. The molecule has 0 atom stereocenters. The van der Waals surface area contributed by atoms with Crippen LogP contribution >= 0.6 is 11.6 Å². The van der Waals surface area contributed by atoms with E-state index in [0.29, 0.717) is 23.6 Å². The molecule has 0 aliphatic carbocycles. The van der Waals surface area contributed by atoms with Crippen molar-refractivity contribution in [2.45, 2.75) is 6.42 Å². The highest BCUT2D eigenvalue weighted by atomic mass is 35.5. The molecule has 0 aliphatic rings. The van der Waals surface area contributed by atoms with Crippen LogP contribution in [-0.4, -0.2) is 29.1 Å². The third kappa shape index (κ3) is 3.56. The van der Waals surface area contributed by atoms with Crippen LogP contribution in [0.4, 0.5) is 0 Å². The quantitative estimate of drug-likeness (QED) is 0.832. The van der Waals surface area contributed by atoms with Crippen LogP contribution in [0, 0.1) is 0 Å². The molecule has 2 rings (SSSR count). The highest BCUT2D eigenvalue weighted by Gasteiger charge is 2.11. The van der Waals surface area contributed by atoms with Crippen LogP contribution in [0.2, 0.25) is 5.02 Å². The van der Waals surface area contributed by atoms with Gasteiger partial charge >= 0.3 is 0 Å². The Bertz CT molecular complexity index is 588. The molecule has 2 aromatic rings. The first kappa shape index (κ1) is 14.5. The van der Waals surface area contributed by atoms with E-state index in [-0.39, 0.29) is 12.5 Å². The molecule has 0 unspecified atom stereocenters. The van der Waals surface area contributed by atoms with E-state index in [4.69, 9.17) is 16.7 Å². The molecule has 0 radical (unpaired) electrons. The number of carbonyl (C=O) groups is 1. The maximum absolute atomic E-state index is 12.0. The van der Waals surface area contributed by atoms with Crippen molar-refractivity contribution in [2.75, 3.05) is 13.2 Å². The van der Waals surface area contributed by atoms with Gasteiger partial charge in [-0.1, -0.05) is 23.7 Å². The number of pyridine rings is 1. The smallest absolute Gasteiger partial charge is 0.252 e. The molecule has 20 heavy (non-hydrogen) atoms. The Morgan fingerprint density at radius 3 is 2.85 bits per heavy atom. The van der Waals surface area contributed by atoms with Gasteiger partial charge in [-0.15, -0.1) is 0 Å². The third-order valence-corrected chi connectivity index (χ3v) is 3.12. The van der Waals surface area contributed by atoms with E-state index in [9.17, 15) is 4.79 Å². The molecule has 1 amide bonds. The van der Waals surface area contributed by atoms with Crippen LogP contribution in [-0.2, 0) is 0 Å². The minimum atomic E-state index is -0.249. The van der Waals surface area contributed by atoms with Crippen molar-refractivity contribution >= 4 is 17.5 Å². The summed E-state index contributed by atoms with van der Waals surface area (Å²) in [5.41, 5.74) is 2.03. The second kappa shape index (κ2) is 7.03. The van der Waals surface area contributed by atoms with Crippen LogP contribution in [0.15, 0.2) is 42.6 Å². The molecule has 0 spiro atoms. The number of amides is 1. The molecular weight excluding hydrogens is 276 g/mol. The fraction of sp³-hybridized carbons (Fsp3) is 0.200. The van der Waals surface area contributed by atoms with Crippen LogP contribution in [0.5, 0.6) is 0 Å². The molecule has 1 aromatic carbocycles. The molecule has 0 aliphatic heterocycles. The number of rotatable bonds is 5. The average molecular weight is 291 g/mol. The highest BCUT2D eigenvalue weighted by molar-refractivity contribution is 6.34. The molecule has 1 heterocycles. The number of halogens is 1. The van der Waals surface area contributed by atoms with Gasteiger partial charge in [0.05, 0.1) is 16.3 Å². The summed E-state index contributed by atoms with van der Waals surface area (Å²) in [6, 6.07) is 10.8. The summed E-state index contributed by atoms with van der Waals surface area (Å²) in [5, 5.41) is 11.8. The number of nitrogens with one attached hydrogen (secondary N) is 1. The minimum Gasteiger partial charge on any atom is -0.396 e. The van der Waals surface area contributed by atoms with Gasteiger partial charge in [0.15, 0.2) is 0 Å². The van der Waals surface area contributed by atoms with Crippen molar-refractivity contribution in [1.29, 1.82) is 0 Å². The van der Waals surface area contributed by atoms with Crippen LogP contribution < -0.4 is 5.32 Å². The molecular formula is C15H15ClN2O2. The van der Waals surface area contributed by atoms with Crippen LogP contribution in [0.3, 0.4) is 0 Å². The lowest BCUT2D eigenvalue weighted by molar-refractivity contribution is 0.0951. The summed E-state index contributed by atoms with van der Waals surface area (Å²) < 4.78 is 0. The average Bonchev–Trinajstić information content (AvgIpc) is 2.49. The standard InChI is InChI=1S/C15H15ClN2O2/c16-13-6-5-11(14-4-1-2-7-17-14)10-12(13)15(20)18-8-3-9-19/h1-2,4-7,10,19H,3,8-9H2,(H,18,20). The largest absolute Gasteiger partial charge is 0.396 e. The lowest BCUT2D eigenvalue weighted by atomic mass is 10.1. The van der Waals surface area contributed by atoms with Crippen LogP contribution in [0.1, 0.15) is 16.8 Å². The van der Waals surface area contributed by atoms with Gasteiger partial charge in [0.1, 0.15) is 0 Å². The summed E-state index contributed by atoms with van der Waals surface area (Å²) in [6.45, 7) is 0.460. The number of benzene rings is 1. The van der Waals surface area contributed by atoms with Crippen molar-refractivity contribution in [3.8, 4) is 11.3 Å². The summed E-state index contributed by atoms with van der Waals surface area (Å²) in [4.78, 5) is 16.3. The Hall–Kier alpha value is -1.91. The fourth-order valence-electron chi connectivity index (χ4n) is 1.77. The Morgan fingerprint density at radius 2 is 2.15 bits per heavy atom. The summed E-state index contributed by atoms with van der Waals surface area (Å²) in [5.74, 6) is -0.249. The normalized spacial score (nSPS) is 10.3. The van der Waals surface area contributed by atoms with E-state index in [1.807, 2.05) is 24.3 Å². The maximum Gasteiger partial charge on any atom is 0.252 e. The van der Waals surface area contributed by atoms with Gasteiger partial charge in [0.2, 0.25) is 0 Å². The lowest BCUT2D eigenvalue weighted by Crippen LogP contribution is -2.25. The number of hydrogen-bond acceptors (Lipinski definition) is 3. The van der Waals surface area contributed by atoms with Crippen molar-refractivity contribution in [3.05, 3.63) is 53.2 Å². The molecule has 2 N–H and O–H groups in total. The number of hydrogen-bond donors (Lipinski definition) is 2. The number of carbonyl (C=O) groups excluding carboxylic acids is 1. The van der Waals surface area contributed by atoms with Gasteiger partial charge in [0, 0.05) is 24.9 Å². The molecule has 0 saturated heterocycles. The van der Waals surface area contributed by atoms with Gasteiger partial charge in [-0.05, 0) is 30.7 Å². The molecule has 0 fully saturated rings. The summed E-state index contributed by atoms with van der Waals surface area (Å²) >= 11 is 6.06. The third-order valence-electron chi connectivity index (χ3n) is 2.79. The SMILES string of the molecule is O=C(NCCCO)c1cc(-c2ccccn2)ccc1Cl. The van der Waals surface area contributed by atoms with Crippen molar-refractivity contribution < 1.29 is 9.90 Å². The first-order valence-corrected chi connectivity index (χ1v) is 6.70. The molecule has 1 aromatic heterocycles. The van der Waals surface area contributed by atoms with E-state index in [1.165, 1.54) is 0 Å². The van der Waals surface area contributed by atoms with Crippen molar-refractivity contribution in [2.24, 2.45) is 0 Å². The monoisotopic (exact) mass is 290 g/mol. The lowest BCUT2D eigenvalue weighted by Gasteiger charge is -2.08. The van der Waals surface area contributed by atoms with E-state index < -0.39 is 0 Å². The van der Waals surface area contributed by atoms with Gasteiger partial charge in [-0.25, -0.2) is 0 Å². The Kier molecular flexibility index (Phi) is 5.09. The molecule has 5 heteroatoms. The van der Waals surface area contributed by atoms with E-state index in [0.717, 1.165) is 11.3 Å². The second-order valence-corrected chi connectivity index (χ2v) is 4.65. The van der Waals surface area contributed by atoms with E-state index in [2.05, 4.69) is 10.3 Å². The van der Waals surface area contributed by atoms with Crippen molar-refractivity contribution in [3.63, 3.8) is 0 Å². The second-order valence-electron chi connectivity index (χ2n) is 4.24. The number of nitrogens with zero attached hydrogens (tertiary/aromatic N) is 1. The first-order valence-electron chi connectivity index (χ1n) is 6.32. The molecule has 0 saturated carbocycles. The summed E-state index contributed by atoms with van der Waals surface area (Å²) in [6.07, 6.45) is 2.22. The number of aliphatic hydroxyl groups excluding tert-OH is 1. The van der Waals surface area contributed by atoms with Gasteiger partial charge in [0.25, 0.3) is 5.91 Å². The van der Waals surface area contributed by atoms with Gasteiger partial charge in [-0.2, -0.15) is 0 Å². The number of aromatic nitrogens is 1. The predicted octanol–water partition coefficient (Wildman–Crippen LogP) is 2.51. The molecule has 0 bridgehead atoms. The highest BCUT2D eigenvalue weighted by Crippen LogP contribution is 2.23. The van der Waals surface area contributed by atoms with Crippen LogP contribution in [0.25, 0.3) is 11.3 Å². The van der Waals surface area contributed by atoms with E-state index >= 15 is 0 Å². The van der Waals surface area contributed by atoms with E-state index in [1.54, 1.807) is 18.3 Å². The fourth-order valence-corrected chi connectivity index (χ4v) is 1.97. The van der Waals surface area contributed by atoms with Gasteiger partial charge < -0.3 is 10.4 Å².